The van der Waals surface area contributed by atoms with Crippen molar-refractivity contribution < 1.29 is 9.21 Å². The number of oxazole rings is 1. The summed E-state index contributed by atoms with van der Waals surface area (Å²) in [6.07, 6.45) is 3.98. The fraction of sp³-hybridized carbons (Fsp3) is 0.0500. The van der Waals surface area contributed by atoms with Gasteiger partial charge in [-0.05, 0) is 24.3 Å². The van der Waals surface area contributed by atoms with Crippen LogP contribution in [0.2, 0.25) is 0 Å². The van der Waals surface area contributed by atoms with E-state index in [9.17, 15) is 4.79 Å². The van der Waals surface area contributed by atoms with E-state index in [1.165, 1.54) is 11.8 Å². The second-order valence-corrected chi connectivity index (χ2v) is 7.88. The number of thiazole rings is 1. The Kier molecular flexibility index (Phi) is 4.34. The number of carbonyl (C=O) groups is 1. The minimum Gasteiger partial charge on any atom is -0.431 e. The average Bonchev–Trinajstić information content (AvgIpc) is 3.41. The first-order chi connectivity index (χ1) is 13.7. The molecular formula is C20H14N4O2S2. The largest absolute Gasteiger partial charge is 0.431 e. The molecule has 0 bridgehead atoms. The Morgan fingerprint density at radius 3 is 2.82 bits per heavy atom. The first-order valence-electron chi connectivity index (χ1n) is 8.55. The predicted octanol–water partition coefficient (Wildman–Crippen LogP) is 4.93. The number of hydrogen-bond donors (Lipinski definition) is 1. The van der Waals surface area contributed by atoms with E-state index in [2.05, 4.69) is 15.3 Å². The Morgan fingerprint density at radius 2 is 2.00 bits per heavy atom. The minimum absolute atomic E-state index is 0.109. The molecule has 0 unspecified atom stereocenters. The molecule has 0 spiro atoms. The second-order valence-electron chi connectivity index (χ2n) is 6.08. The van der Waals surface area contributed by atoms with E-state index in [1.807, 2.05) is 70.7 Å². The molecule has 1 amide bonds. The number of benzene rings is 2. The first kappa shape index (κ1) is 17.0. The number of hydrogen-bond acceptors (Lipinski definition) is 6. The van der Waals surface area contributed by atoms with Gasteiger partial charge in [-0.1, -0.05) is 36.0 Å². The highest BCUT2D eigenvalue weighted by Crippen LogP contribution is 2.25. The number of fused-ring (bicyclic) bond motifs is 2. The molecule has 0 saturated carbocycles. The van der Waals surface area contributed by atoms with Gasteiger partial charge in [0.25, 0.3) is 5.22 Å². The Morgan fingerprint density at radius 1 is 1.14 bits per heavy atom. The summed E-state index contributed by atoms with van der Waals surface area (Å²) in [5, 5.41) is 5.39. The summed E-state index contributed by atoms with van der Waals surface area (Å²) in [5.41, 5.74) is 4.18. The maximum absolute atomic E-state index is 12.2. The molecule has 0 fully saturated rings. The fourth-order valence-corrected chi connectivity index (χ4v) is 4.17. The maximum Gasteiger partial charge on any atom is 0.257 e. The smallest absolute Gasteiger partial charge is 0.257 e. The molecule has 138 valence electrons. The van der Waals surface area contributed by atoms with Gasteiger partial charge in [-0.3, -0.25) is 9.20 Å². The molecule has 0 aliphatic heterocycles. The summed E-state index contributed by atoms with van der Waals surface area (Å²) in [4.78, 5) is 22.1. The molecule has 0 radical (unpaired) electrons. The lowest BCUT2D eigenvalue weighted by molar-refractivity contribution is -0.113. The van der Waals surface area contributed by atoms with Gasteiger partial charge in [0, 0.05) is 29.0 Å². The number of nitrogens with one attached hydrogen (secondary N) is 1. The standard InChI is InChI=1S/C20H14N4O2S2/c25-18(12-28-20-23-15-3-1-2-4-17(15)26-20)21-14-7-5-13(6-8-14)16-11-24-9-10-27-19(24)22-16/h1-11H,12H2,(H,21,25). The molecule has 0 saturated heterocycles. The zero-order valence-corrected chi connectivity index (χ0v) is 16.2. The number of anilines is 1. The normalized spacial score (nSPS) is 11.3. The Labute approximate surface area is 168 Å². The SMILES string of the molecule is O=C(CSc1nc2ccccc2o1)Nc1ccc(-c2cn3ccsc3n2)cc1. The van der Waals surface area contributed by atoms with Gasteiger partial charge < -0.3 is 9.73 Å². The van der Waals surface area contributed by atoms with E-state index in [0.717, 1.165) is 33.0 Å². The number of thioether (sulfide) groups is 1. The summed E-state index contributed by atoms with van der Waals surface area (Å²) in [6, 6.07) is 15.2. The van der Waals surface area contributed by atoms with Gasteiger partial charge in [0.1, 0.15) is 5.52 Å². The van der Waals surface area contributed by atoms with Crippen LogP contribution in [0.3, 0.4) is 0 Å². The third kappa shape index (κ3) is 3.39. The summed E-state index contributed by atoms with van der Waals surface area (Å²) in [5.74, 6) is 0.119. The van der Waals surface area contributed by atoms with Crippen molar-refractivity contribution in [3.63, 3.8) is 0 Å². The lowest BCUT2D eigenvalue weighted by Gasteiger charge is -2.05. The highest BCUT2D eigenvalue weighted by molar-refractivity contribution is 7.99. The predicted molar refractivity (Wildman–Crippen MR) is 112 cm³/mol. The van der Waals surface area contributed by atoms with Crippen molar-refractivity contribution in [2.24, 2.45) is 0 Å². The van der Waals surface area contributed by atoms with Crippen molar-refractivity contribution in [1.29, 1.82) is 0 Å². The van der Waals surface area contributed by atoms with Crippen LogP contribution in [0.15, 0.2) is 75.9 Å². The topological polar surface area (TPSA) is 72.4 Å². The summed E-state index contributed by atoms with van der Waals surface area (Å²) in [7, 11) is 0. The fourth-order valence-electron chi connectivity index (χ4n) is 2.83. The highest BCUT2D eigenvalue weighted by Gasteiger charge is 2.10. The molecule has 0 aliphatic carbocycles. The third-order valence-electron chi connectivity index (χ3n) is 4.16. The van der Waals surface area contributed by atoms with E-state index < -0.39 is 0 Å². The van der Waals surface area contributed by atoms with Crippen molar-refractivity contribution in [3.05, 3.63) is 66.3 Å². The van der Waals surface area contributed by atoms with Gasteiger partial charge in [-0.25, -0.2) is 9.97 Å². The molecular weight excluding hydrogens is 392 g/mol. The molecule has 8 heteroatoms. The van der Waals surface area contributed by atoms with Crippen LogP contribution in [0.25, 0.3) is 27.3 Å². The van der Waals surface area contributed by atoms with Gasteiger partial charge in [-0.2, -0.15) is 0 Å². The lowest BCUT2D eigenvalue weighted by atomic mass is 10.1. The number of aromatic nitrogens is 3. The van der Waals surface area contributed by atoms with Gasteiger partial charge in [0.05, 0.1) is 11.4 Å². The van der Waals surface area contributed by atoms with Crippen LogP contribution in [0.1, 0.15) is 0 Å². The highest BCUT2D eigenvalue weighted by atomic mass is 32.2. The average molecular weight is 406 g/mol. The molecule has 2 aromatic carbocycles. The van der Waals surface area contributed by atoms with Crippen LogP contribution in [0.4, 0.5) is 5.69 Å². The van der Waals surface area contributed by atoms with Gasteiger partial charge in [0.15, 0.2) is 10.5 Å². The molecule has 0 aliphatic rings. The van der Waals surface area contributed by atoms with Crippen molar-refractivity contribution >= 4 is 50.8 Å². The van der Waals surface area contributed by atoms with Gasteiger partial charge in [-0.15, -0.1) is 11.3 Å². The zero-order valence-electron chi connectivity index (χ0n) is 14.5. The van der Waals surface area contributed by atoms with Crippen LogP contribution in [0, 0.1) is 0 Å². The molecule has 3 heterocycles. The van der Waals surface area contributed by atoms with E-state index in [4.69, 9.17) is 4.42 Å². The first-order valence-corrected chi connectivity index (χ1v) is 10.4. The molecule has 6 nitrogen and oxygen atoms in total. The summed E-state index contributed by atoms with van der Waals surface area (Å²) in [6.45, 7) is 0. The van der Waals surface area contributed by atoms with Crippen molar-refractivity contribution in [2.45, 2.75) is 5.22 Å². The van der Waals surface area contributed by atoms with Crippen LogP contribution >= 0.6 is 23.1 Å². The van der Waals surface area contributed by atoms with E-state index in [1.54, 1.807) is 11.3 Å². The number of para-hydroxylation sites is 2. The van der Waals surface area contributed by atoms with Crippen molar-refractivity contribution in [3.8, 4) is 11.3 Å². The zero-order chi connectivity index (χ0) is 18.9. The Bertz CT molecular complexity index is 1210. The Hall–Kier alpha value is -3.10. The van der Waals surface area contributed by atoms with Crippen LogP contribution < -0.4 is 5.32 Å². The summed E-state index contributed by atoms with van der Waals surface area (Å²) < 4.78 is 7.61. The van der Waals surface area contributed by atoms with Crippen LogP contribution in [0.5, 0.6) is 0 Å². The molecule has 5 aromatic rings. The van der Waals surface area contributed by atoms with Crippen LogP contribution in [-0.4, -0.2) is 26.0 Å². The van der Waals surface area contributed by atoms with Crippen molar-refractivity contribution in [2.75, 3.05) is 11.1 Å². The number of imidazole rings is 1. The second kappa shape index (κ2) is 7.14. The molecule has 0 atom stereocenters. The number of rotatable bonds is 5. The molecule has 3 aromatic heterocycles. The number of amides is 1. The van der Waals surface area contributed by atoms with E-state index >= 15 is 0 Å². The van der Waals surface area contributed by atoms with Crippen LogP contribution in [-0.2, 0) is 4.79 Å². The Balaban J connectivity index is 1.21. The molecule has 1 N–H and O–H groups in total. The lowest BCUT2D eigenvalue weighted by Crippen LogP contribution is -2.13. The number of nitrogens with zero attached hydrogens (tertiary/aromatic N) is 3. The van der Waals surface area contributed by atoms with Gasteiger partial charge >= 0.3 is 0 Å². The molecule has 28 heavy (non-hydrogen) atoms. The minimum atomic E-state index is -0.109. The maximum atomic E-state index is 12.2. The quantitative estimate of drug-likeness (QED) is 0.419. The third-order valence-corrected chi connectivity index (χ3v) is 5.76. The molecule has 5 rings (SSSR count). The van der Waals surface area contributed by atoms with Crippen molar-refractivity contribution in [1.82, 2.24) is 14.4 Å². The van der Waals surface area contributed by atoms with E-state index in [0.29, 0.717) is 5.22 Å². The number of carbonyl (C=O) groups excluding carboxylic acids is 1. The monoisotopic (exact) mass is 406 g/mol. The summed E-state index contributed by atoms with van der Waals surface area (Å²) >= 11 is 2.87. The van der Waals surface area contributed by atoms with Gasteiger partial charge in [0.2, 0.25) is 5.91 Å². The van der Waals surface area contributed by atoms with E-state index in [-0.39, 0.29) is 11.7 Å².